The van der Waals surface area contributed by atoms with E-state index in [0.717, 1.165) is 0 Å². The summed E-state index contributed by atoms with van der Waals surface area (Å²) in [6, 6.07) is 0. The Labute approximate surface area is 83.3 Å². The molecule has 0 amide bonds. The first-order valence-electron chi connectivity index (χ1n) is 4.50. The minimum Gasteiger partial charge on any atom is -0.469 e. The first-order valence-corrected chi connectivity index (χ1v) is 4.50. The SMILES string of the molecule is CCOC(=O)COCCCC(=O)OC. The average molecular weight is 204 g/mol. The highest BCUT2D eigenvalue weighted by molar-refractivity contribution is 5.70. The molecule has 5 heteroatoms. The summed E-state index contributed by atoms with van der Waals surface area (Å²) in [5.41, 5.74) is 0. The van der Waals surface area contributed by atoms with Gasteiger partial charge in [0.25, 0.3) is 0 Å². The number of methoxy groups -OCH3 is 1. The molecule has 0 aliphatic carbocycles. The van der Waals surface area contributed by atoms with E-state index in [1.807, 2.05) is 0 Å². The van der Waals surface area contributed by atoms with Crippen LogP contribution in [0.2, 0.25) is 0 Å². The molecule has 0 spiro atoms. The molecular formula is C9H16O5. The van der Waals surface area contributed by atoms with Crippen molar-refractivity contribution in [3.63, 3.8) is 0 Å². The van der Waals surface area contributed by atoms with Crippen molar-refractivity contribution in [3.8, 4) is 0 Å². The van der Waals surface area contributed by atoms with Crippen molar-refractivity contribution in [1.82, 2.24) is 0 Å². The van der Waals surface area contributed by atoms with E-state index in [2.05, 4.69) is 9.47 Å². The van der Waals surface area contributed by atoms with Crippen molar-refractivity contribution < 1.29 is 23.8 Å². The molecule has 0 atom stereocenters. The monoisotopic (exact) mass is 204 g/mol. The normalized spacial score (nSPS) is 9.57. The second kappa shape index (κ2) is 8.50. The first-order chi connectivity index (χ1) is 6.70. The maximum absolute atomic E-state index is 10.8. The van der Waals surface area contributed by atoms with Crippen LogP contribution in [0.1, 0.15) is 19.8 Å². The van der Waals surface area contributed by atoms with Gasteiger partial charge in [-0.1, -0.05) is 0 Å². The maximum Gasteiger partial charge on any atom is 0.332 e. The molecule has 0 N–H and O–H groups in total. The summed E-state index contributed by atoms with van der Waals surface area (Å²) in [4.78, 5) is 21.4. The summed E-state index contributed by atoms with van der Waals surface area (Å²) >= 11 is 0. The zero-order valence-electron chi connectivity index (χ0n) is 8.58. The average Bonchev–Trinajstić information content (AvgIpc) is 2.17. The van der Waals surface area contributed by atoms with Gasteiger partial charge in [0, 0.05) is 13.0 Å². The maximum atomic E-state index is 10.8. The fourth-order valence-corrected chi connectivity index (χ4v) is 0.779. The van der Waals surface area contributed by atoms with Gasteiger partial charge in [0.1, 0.15) is 6.61 Å². The van der Waals surface area contributed by atoms with Gasteiger partial charge < -0.3 is 14.2 Å². The highest BCUT2D eigenvalue weighted by Gasteiger charge is 2.02. The van der Waals surface area contributed by atoms with Crippen LogP contribution in [0.3, 0.4) is 0 Å². The molecule has 0 aliphatic heterocycles. The Bertz CT molecular complexity index is 178. The van der Waals surface area contributed by atoms with E-state index in [9.17, 15) is 9.59 Å². The van der Waals surface area contributed by atoms with Crippen LogP contribution >= 0.6 is 0 Å². The van der Waals surface area contributed by atoms with Gasteiger partial charge in [-0.05, 0) is 13.3 Å². The van der Waals surface area contributed by atoms with E-state index in [-0.39, 0.29) is 18.5 Å². The first kappa shape index (κ1) is 12.9. The van der Waals surface area contributed by atoms with Gasteiger partial charge in [-0.2, -0.15) is 0 Å². The molecule has 0 aromatic heterocycles. The minimum absolute atomic E-state index is 0.0605. The molecule has 5 nitrogen and oxygen atoms in total. The quantitative estimate of drug-likeness (QED) is 0.447. The predicted octanol–water partition coefficient (Wildman–Crippen LogP) is 0.519. The molecule has 14 heavy (non-hydrogen) atoms. The predicted molar refractivity (Wildman–Crippen MR) is 48.7 cm³/mol. The molecule has 0 saturated carbocycles. The van der Waals surface area contributed by atoms with Crippen LogP contribution < -0.4 is 0 Å². The lowest BCUT2D eigenvalue weighted by molar-refractivity contribution is -0.148. The number of hydrogen-bond acceptors (Lipinski definition) is 5. The van der Waals surface area contributed by atoms with Crippen molar-refractivity contribution in [2.24, 2.45) is 0 Å². The number of esters is 2. The van der Waals surface area contributed by atoms with E-state index in [1.165, 1.54) is 7.11 Å². The lowest BCUT2D eigenvalue weighted by Gasteiger charge is -2.03. The molecule has 0 unspecified atom stereocenters. The van der Waals surface area contributed by atoms with Crippen LogP contribution in [-0.2, 0) is 23.8 Å². The third-order valence-electron chi connectivity index (χ3n) is 1.42. The Hall–Kier alpha value is -1.10. The topological polar surface area (TPSA) is 61.8 Å². The van der Waals surface area contributed by atoms with Gasteiger partial charge in [0.2, 0.25) is 0 Å². The van der Waals surface area contributed by atoms with E-state index >= 15 is 0 Å². The highest BCUT2D eigenvalue weighted by atomic mass is 16.6. The Kier molecular flexibility index (Phi) is 7.83. The van der Waals surface area contributed by atoms with Crippen molar-refractivity contribution in [1.29, 1.82) is 0 Å². The molecule has 0 heterocycles. The Morgan fingerprint density at radius 2 is 1.93 bits per heavy atom. The molecular weight excluding hydrogens is 188 g/mol. The molecule has 0 aliphatic rings. The van der Waals surface area contributed by atoms with Crippen molar-refractivity contribution >= 4 is 11.9 Å². The molecule has 0 aromatic rings. The van der Waals surface area contributed by atoms with Gasteiger partial charge >= 0.3 is 11.9 Å². The van der Waals surface area contributed by atoms with Crippen molar-refractivity contribution in [3.05, 3.63) is 0 Å². The molecule has 0 aromatic carbocycles. The van der Waals surface area contributed by atoms with Crippen molar-refractivity contribution in [2.75, 3.05) is 26.9 Å². The summed E-state index contributed by atoms with van der Waals surface area (Å²) < 4.78 is 14.0. The number of carbonyl (C=O) groups is 2. The van der Waals surface area contributed by atoms with Gasteiger partial charge in [0.15, 0.2) is 0 Å². The van der Waals surface area contributed by atoms with E-state index < -0.39 is 0 Å². The molecule has 82 valence electrons. The summed E-state index contributed by atoms with van der Waals surface area (Å²) in [7, 11) is 1.34. The van der Waals surface area contributed by atoms with E-state index in [4.69, 9.17) is 4.74 Å². The van der Waals surface area contributed by atoms with Crippen LogP contribution in [0.25, 0.3) is 0 Å². The van der Waals surface area contributed by atoms with Gasteiger partial charge in [-0.25, -0.2) is 4.79 Å². The van der Waals surface area contributed by atoms with Gasteiger partial charge in [-0.15, -0.1) is 0 Å². The second-order valence-electron chi connectivity index (χ2n) is 2.54. The standard InChI is InChI=1S/C9H16O5/c1-3-14-9(11)7-13-6-4-5-8(10)12-2/h3-7H2,1-2H3. The highest BCUT2D eigenvalue weighted by Crippen LogP contribution is 1.92. The smallest absolute Gasteiger partial charge is 0.332 e. The fraction of sp³-hybridized carbons (Fsp3) is 0.778. The van der Waals surface area contributed by atoms with Gasteiger partial charge in [-0.3, -0.25) is 4.79 Å². The van der Waals surface area contributed by atoms with Gasteiger partial charge in [0.05, 0.1) is 13.7 Å². The van der Waals surface area contributed by atoms with Crippen LogP contribution in [0, 0.1) is 0 Å². The molecule has 0 bridgehead atoms. The van der Waals surface area contributed by atoms with Crippen LogP contribution in [0.15, 0.2) is 0 Å². The minimum atomic E-state index is -0.384. The Morgan fingerprint density at radius 1 is 1.21 bits per heavy atom. The fourth-order valence-electron chi connectivity index (χ4n) is 0.779. The Morgan fingerprint density at radius 3 is 2.50 bits per heavy atom. The Balaban J connectivity index is 3.21. The van der Waals surface area contributed by atoms with Crippen LogP contribution in [0.5, 0.6) is 0 Å². The third-order valence-corrected chi connectivity index (χ3v) is 1.42. The van der Waals surface area contributed by atoms with Crippen molar-refractivity contribution in [2.45, 2.75) is 19.8 Å². The molecule has 0 fully saturated rings. The van der Waals surface area contributed by atoms with Crippen LogP contribution in [0.4, 0.5) is 0 Å². The zero-order valence-corrected chi connectivity index (χ0v) is 8.58. The van der Waals surface area contributed by atoms with Crippen LogP contribution in [-0.4, -0.2) is 38.9 Å². The third kappa shape index (κ3) is 7.54. The molecule has 0 radical (unpaired) electrons. The number of hydrogen-bond donors (Lipinski definition) is 0. The number of rotatable bonds is 7. The van der Waals surface area contributed by atoms with E-state index in [0.29, 0.717) is 26.1 Å². The molecule has 0 rings (SSSR count). The summed E-state index contributed by atoms with van der Waals surface area (Å²) in [6.07, 6.45) is 0.853. The van der Waals surface area contributed by atoms with E-state index in [1.54, 1.807) is 6.92 Å². The summed E-state index contributed by atoms with van der Waals surface area (Å²) in [6.45, 7) is 2.38. The largest absolute Gasteiger partial charge is 0.469 e. The second-order valence-corrected chi connectivity index (χ2v) is 2.54. The summed E-state index contributed by atoms with van der Waals surface area (Å²) in [5, 5.41) is 0. The summed E-state index contributed by atoms with van der Waals surface area (Å²) in [5.74, 6) is -0.657. The lowest BCUT2D eigenvalue weighted by Crippen LogP contribution is -2.13. The zero-order chi connectivity index (χ0) is 10.8. The number of ether oxygens (including phenoxy) is 3. The number of carbonyl (C=O) groups excluding carboxylic acids is 2. The molecule has 0 saturated heterocycles. The lowest BCUT2D eigenvalue weighted by atomic mass is 10.3.